The van der Waals surface area contributed by atoms with Crippen LogP contribution in [-0.4, -0.2) is 48.1 Å². The van der Waals surface area contributed by atoms with Gasteiger partial charge in [-0.15, -0.1) is 0 Å². The Labute approximate surface area is 159 Å². The monoisotopic (exact) mass is 352 g/mol. The van der Waals surface area contributed by atoms with Crippen LogP contribution in [0.25, 0.3) is 0 Å². The molecule has 0 saturated carbocycles. The number of rotatable bonds is 9. The molecule has 0 aromatic heterocycles. The average Bonchev–Trinajstić information content (AvgIpc) is 2.71. The first-order valence-electron chi connectivity index (χ1n) is 10.9. The Bertz CT molecular complexity index is 384. The zero-order chi connectivity index (χ0) is 19.3. The SMILES string of the molecule is CCC(C)CC(C)(C)N1CCCN(CC(C)(C)CC(C)(C)CC)CC1. The molecule has 2 heteroatoms. The third kappa shape index (κ3) is 7.99. The fraction of sp³-hybridized carbons (Fsp3) is 1.00. The Hall–Kier alpha value is -0.0800. The van der Waals surface area contributed by atoms with E-state index in [4.69, 9.17) is 0 Å². The molecule has 1 aliphatic rings. The van der Waals surface area contributed by atoms with Gasteiger partial charge in [-0.3, -0.25) is 4.90 Å². The van der Waals surface area contributed by atoms with Gasteiger partial charge in [-0.1, -0.05) is 61.3 Å². The van der Waals surface area contributed by atoms with Crippen LogP contribution >= 0.6 is 0 Å². The smallest absolute Gasteiger partial charge is 0.0156 e. The van der Waals surface area contributed by atoms with Gasteiger partial charge in [0.05, 0.1) is 0 Å². The normalized spacial score (nSPS) is 20.5. The van der Waals surface area contributed by atoms with Crippen LogP contribution < -0.4 is 0 Å². The topological polar surface area (TPSA) is 6.48 Å². The lowest BCUT2D eigenvalue weighted by molar-refractivity contribution is 0.0906. The molecule has 0 aliphatic carbocycles. The summed E-state index contributed by atoms with van der Waals surface area (Å²) in [6, 6.07) is 0. The molecule has 25 heavy (non-hydrogen) atoms. The van der Waals surface area contributed by atoms with Gasteiger partial charge in [0.25, 0.3) is 0 Å². The minimum atomic E-state index is 0.338. The molecule has 1 saturated heterocycles. The van der Waals surface area contributed by atoms with Crippen LogP contribution in [0.3, 0.4) is 0 Å². The van der Waals surface area contributed by atoms with Crippen LogP contribution in [0.5, 0.6) is 0 Å². The molecule has 1 fully saturated rings. The maximum absolute atomic E-state index is 2.77. The molecule has 0 radical (unpaired) electrons. The van der Waals surface area contributed by atoms with Gasteiger partial charge in [-0.2, -0.15) is 0 Å². The highest BCUT2D eigenvalue weighted by Crippen LogP contribution is 2.36. The molecular formula is C23H48N2. The van der Waals surface area contributed by atoms with Crippen molar-refractivity contribution in [1.29, 1.82) is 0 Å². The Morgan fingerprint density at radius 1 is 0.840 bits per heavy atom. The van der Waals surface area contributed by atoms with E-state index >= 15 is 0 Å². The predicted molar refractivity (Wildman–Crippen MR) is 113 cm³/mol. The Morgan fingerprint density at radius 3 is 2.04 bits per heavy atom. The van der Waals surface area contributed by atoms with Crippen LogP contribution in [0.15, 0.2) is 0 Å². The second-order valence-corrected chi connectivity index (χ2v) is 11.0. The number of hydrogen-bond acceptors (Lipinski definition) is 2. The standard InChI is InChI=1S/C23H48N2/c1-10-20(3)17-23(8,9)25-14-12-13-24(15-16-25)19-22(6,7)18-21(4,5)11-2/h20H,10-19H2,1-9H3. The second-order valence-electron chi connectivity index (χ2n) is 11.0. The molecule has 0 N–H and O–H groups in total. The average molecular weight is 353 g/mol. The van der Waals surface area contributed by atoms with Crippen LogP contribution in [0.4, 0.5) is 0 Å². The van der Waals surface area contributed by atoms with Crippen LogP contribution in [-0.2, 0) is 0 Å². The molecule has 0 spiro atoms. The van der Waals surface area contributed by atoms with Gasteiger partial charge >= 0.3 is 0 Å². The first-order valence-corrected chi connectivity index (χ1v) is 10.9. The quantitative estimate of drug-likeness (QED) is 0.497. The summed E-state index contributed by atoms with van der Waals surface area (Å²) in [5.41, 5.74) is 1.20. The summed E-state index contributed by atoms with van der Waals surface area (Å²) in [4.78, 5) is 5.51. The van der Waals surface area contributed by atoms with Crippen LogP contribution in [0.2, 0.25) is 0 Å². The van der Waals surface area contributed by atoms with Crippen LogP contribution in [0.1, 0.15) is 94.4 Å². The largest absolute Gasteiger partial charge is 0.301 e. The molecule has 1 atom stereocenters. The summed E-state index contributed by atoms with van der Waals surface area (Å²) in [6.07, 6.45) is 6.52. The zero-order valence-electron chi connectivity index (χ0n) is 19.0. The zero-order valence-corrected chi connectivity index (χ0v) is 19.0. The Kier molecular flexibility index (Phi) is 8.47. The molecule has 1 aliphatic heterocycles. The second kappa shape index (κ2) is 9.22. The van der Waals surface area contributed by atoms with Crippen molar-refractivity contribution in [2.24, 2.45) is 16.7 Å². The summed E-state index contributed by atoms with van der Waals surface area (Å²) in [5, 5.41) is 0. The minimum absolute atomic E-state index is 0.338. The van der Waals surface area contributed by atoms with Crippen molar-refractivity contribution in [3.63, 3.8) is 0 Å². The Morgan fingerprint density at radius 2 is 1.48 bits per heavy atom. The number of nitrogens with zero attached hydrogens (tertiary/aromatic N) is 2. The van der Waals surface area contributed by atoms with Gasteiger partial charge in [-0.05, 0) is 62.9 Å². The highest BCUT2D eigenvalue weighted by molar-refractivity contribution is 4.87. The van der Waals surface area contributed by atoms with E-state index in [0.29, 0.717) is 16.4 Å². The lowest BCUT2D eigenvalue weighted by Crippen LogP contribution is -2.47. The summed E-state index contributed by atoms with van der Waals surface area (Å²) in [6.45, 7) is 28.0. The summed E-state index contributed by atoms with van der Waals surface area (Å²) in [5.74, 6) is 0.824. The number of hydrogen-bond donors (Lipinski definition) is 0. The van der Waals surface area contributed by atoms with Crippen molar-refractivity contribution in [3.05, 3.63) is 0 Å². The maximum Gasteiger partial charge on any atom is 0.0156 e. The molecule has 0 amide bonds. The predicted octanol–water partition coefficient (Wildman–Crippen LogP) is 6.06. The van der Waals surface area contributed by atoms with Crippen molar-refractivity contribution in [3.8, 4) is 0 Å². The fourth-order valence-electron chi connectivity index (χ4n) is 4.94. The molecule has 1 unspecified atom stereocenters. The Balaban J connectivity index is 2.60. The maximum atomic E-state index is 2.77. The van der Waals surface area contributed by atoms with Gasteiger partial charge in [0.15, 0.2) is 0 Å². The molecule has 150 valence electrons. The minimum Gasteiger partial charge on any atom is -0.301 e. The summed E-state index contributed by atoms with van der Waals surface area (Å²) < 4.78 is 0. The van der Waals surface area contributed by atoms with E-state index < -0.39 is 0 Å². The van der Waals surface area contributed by atoms with E-state index in [0.717, 1.165) is 5.92 Å². The highest BCUT2D eigenvalue weighted by Gasteiger charge is 2.32. The first kappa shape index (κ1) is 23.0. The van der Waals surface area contributed by atoms with Gasteiger partial charge in [0.1, 0.15) is 0 Å². The van der Waals surface area contributed by atoms with Crippen molar-refractivity contribution in [2.45, 2.75) is 100.0 Å². The van der Waals surface area contributed by atoms with E-state index in [9.17, 15) is 0 Å². The molecule has 0 bridgehead atoms. The van der Waals surface area contributed by atoms with E-state index in [1.807, 2.05) is 0 Å². The van der Waals surface area contributed by atoms with E-state index in [2.05, 4.69) is 72.1 Å². The van der Waals surface area contributed by atoms with E-state index in [-0.39, 0.29) is 0 Å². The summed E-state index contributed by atoms with van der Waals surface area (Å²) in [7, 11) is 0. The van der Waals surface area contributed by atoms with Gasteiger partial charge in [-0.25, -0.2) is 0 Å². The lowest BCUT2D eigenvalue weighted by Gasteiger charge is -2.40. The van der Waals surface area contributed by atoms with Crippen molar-refractivity contribution in [1.82, 2.24) is 9.80 Å². The highest BCUT2D eigenvalue weighted by atomic mass is 15.3. The van der Waals surface area contributed by atoms with Crippen molar-refractivity contribution in [2.75, 3.05) is 32.7 Å². The van der Waals surface area contributed by atoms with Gasteiger partial charge in [0.2, 0.25) is 0 Å². The first-order chi connectivity index (χ1) is 11.4. The summed E-state index contributed by atoms with van der Waals surface area (Å²) >= 11 is 0. The molecule has 0 aromatic carbocycles. The van der Waals surface area contributed by atoms with Crippen LogP contribution in [0, 0.1) is 16.7 Å². The van der Waals surface area contributed by atoms with Crippen molar-refractivity contribution >= 4 is 0 Å². The third-order valence-corrected chi connectivity index (χ3v) is 6.56. The van der Waals surface area contributed by atoms with E-state index in [1.54, 1.807) is 0 Å². The van der Waals surface area contributed by atoms with Gasteiger partial charge < -0.3 is 4.90 Å². The van der Waals surface area contributed by atoms with E-state index in [1.165, 1.54) is 64.8 Å². The third-order valence-electron chi connectivity index (χ3n) is 6.56. The van der Waals surface area contributed by atoms with Crippen molar-refractivity contribution < 1.29 is 0 Å². The molecular weight excluding hydrogens is 304 g/mol. The molecule has 1 heterocycles. The fourth-order valence-corrected chi connectivity index (χ4v) is 4.94. The molecule has 2 nitrogen and oxygen atoms in total. The van der Waals surface area contributed by atoms with Gasteiger partial charge in [0, 0.05) is 25.2 Å². The molecule has 0 aromatic rings. The lowest BCUT2D eigenvalue weighted by atomic mass is 9.73. The molecule has 1 rings (SSSR count).